The highest BCUT2D eigenvalue weighted by Crippen LogP contribution is 2.37. The standard InChI is InChI=1S/C6H4F4O4/c1-5(6(8,9)10)13-3(11)2(7)4(12)14-5/h2H,1H3. The Hall–Kier alpha value is -1.34. The molecule has 0 radical (unpaired) electrons. The number of halogens is 4. The molecule has 0 aromatic carbocycles. The van der Waals surface area contributed by atoms with Crippen LogP contribution in [-0.2, 0) is 19.1 Å². The molecular formula is C6H4F4O4. The van der Waals surface area contributed by atoms with Crippen molar-refractivity contribution in [1.82, 2.24) is 0 Å². The number of carbonyl (C=O) groups excluding carboxylic acids is 2. The Morgan fingerprint density at radius 2 is 1.57 bits per heavy atom. The largest absolute Gasteiger partial charge is 0.467 e. The van der Waals surface area contributed by atoms with Crippen LogP contribution in [0.1, 0.15) is 6.92 Å². The first-order chi connectivity index (χ1) is 6.17. The predicted molar refractivity (Wildman–Crippen MR) is 31.5 cm³/mol. The zero-order valence-electron chi connectivity index (χ0n) is 6.72. The summed E-state index contributed by atoms with van der Waals surface area (Å²) in [5, 5.41) is 0. The summed E-state index contributed by atoms with van der Waals surface area (Å²) in [5.74, 6) is -7.20. The van der Waals surface area contributed by atoms with Gasteiger partial charge >= 0.3 is 23.9 Å². The Bertz CT molecular complexity index is 266. The lowest BCUT2D eigenvalue weighted by Crippen LogP contribution is -2.57. The van der Waals surface area contributed by atoms with E-state index in [-0.39, 0.29) is 0 Å². The molecule has 0 amide bonds. The van der Waals surface area contributed by atoms with Gasteiger partial charge in [-0.3, -0.25) is 0 Å². The molecule has 0 aromatic heterocycles. The molecule has 0 aromatic rings. The van der Waals surface area contributed by atoms with Gasteiger partial charge in [-0.2, -0.15) is 13.2 Å². The van der Waals surface area contributed by atoms with Gasteiger partial charge in [0.1, 0.15) is 0 Å². The number of esters is 2. The van der Waals surface area contributed by atoms with E-state index in [1.807, 2.05) is 0 Å². The lowest BCUT2D eigenvalue weighted by atomic mass is 10.2. The third-order valence-electron chi connectivity index (χ3n) is 1.52. The molecule has 1 fully saturated rings. The van der Waals surface area contributed by atoms with Crippen LogP contribution in [0.25, 0.3) is 0 Å². The molecule has 0 saturated carbocycles. The van der Waals surface area contributed by atoms with Crippen molar-refractivity contribution in [2.24, 2.45) is 0 Å². The Morgan fingerprint density at radius 3 is 1.86 bits per heavy atom. The molecule has 80 valence electrons. The second kappa shape index (κ2) is 2.82. The van der Waals surface area contributed by atoms with Gasteiger partial charge in [0.05, 0.1) is 0 Å². The first-order valence-corrected chi connectivity index (χ1v) is 3.34. The van der Waals surface area contributed by atoms with Crippen molar-refractivity contribution in [1.29, 1.82) is 0 Å². The molecule has 1 rings (SSSR count). The van der Waals surface area contributed by atoms with Crippen molar-refractivity contribution < 1.29 is 36.6 Å². The first-order valence-electron chi connectivity index (χ1n) is 3.34. The van der Waals surface area contributed by atoms with Gasteiger partial charge < -0.3 is 9.47 Å². The summed E-state index contributed by atoms with van der Waals surface area (Å²) in [6, 6.07) is 0. The van der Waals surface area contributed by atoms with Crippen LogP contribution in [0, 0.1) is 0 Å². The van der Waals surface area contributed by atoms with E-state index in [1.165, 1.54) is 0 Å². The number of hydrogen-bond acceptors (Lipinski definition) is 4. The molecule has 0 spiro atoms. The number of hydrogen-bond donors (Lipinski definition) is 0. The summed E-state index contributed by atoms with van der Waals surface area (Å²) < 4.78 is 56.0. The summed E-state index contributed by atoms with van der Waals surface area (Å²) >= 11 is 0. The maximum atomic E-state index is 12.4. The van der Waals surface area contributed by atoms with Gasteiger partial charge in [0.15, 0.2) is 0 Å². The Labute approximate surface area is 74.8 Å². The normalized spacial score (nSPS) is 33.6. The molecule has 0 aliphatic carbocycles. The van der Waals surface area contributed by atoms with Crippen LogP contribution >= 0.6 is 0 Å². The highest BCUT2D eigenvalue weighted by molar-refractivity contribution is 5.99. The van der Waals surface area contributed by atoms with Crippen LogP contribution in [0.4, 0.5) is 17.6 Å². The van der Waals surface area contributed by atoms with Crippen LogP contribution in [0.15, 0.2) is 0 Å². The Kier molecular flexibility index (Phi) is 2.17. The van der Waals surface area contributed by atoms with Crippen LogP contribution in [0.3, 0.4) is 0 Å². The molecule has 14 heavy (non-hydrogen) atoms. The molecule has 1 aliphatic rings. The number of ether oxygens (including phenoxy) is 2. The van der Waals surface area contributed by atoms with Crippen molar-refractivity contribution in [3.8, 4) is 0 Å². The quantitative estimate of drug-likeness (QED) is 0.340. The van der Waals surface area contributed by atoms with Crippen LogP contribution in [-0.4, -0.2) is 30.1 Å². The number of carbonyl (C=O) groups is 2. The van der Waals surface area contributed by atoms with Crippen molar-refractivity contribution in [2.45, 2.75) is 25.1 Å². The minimum atomic E-state index is -5.10. The van der Waals surface area contributed by atoms with E-state index >= 15 is 0 Å². The predicted octanol–water partition coefficient (Wildman–Crippen LogP) is 0.703. The van der Waals surface area contributed by atoms with E-state index in [4.69, 9.17) is 0 Å². The summed E-state index contributed by atoms with van der Waals surface area (Å²) in [6.45, 7) is 0.314. The second-order valence-electron chi connectivity index (χ2n) is 2.65. The van der Waals surface area contributed by atoms with Crippen molar-refractivity contribution >= 4 is 11.9 Å². The third-order valence-corrected chi connectivity index (χ3v) is 1.52. The molecule has 1 saturated heterocycles. The van der Waals surface area contributed by atoms with E-state index in [9.17, 15) is 27.2 Å². The Balaban J connectivity index is 2.96. The molecule has 0 unspecified atom stereocenters. The number of rotatable bonds is 0. The maximum Gasteiger partial charge on any atom is 0.467 e. The van der Waals surface area contributed by atoms with Crippen molar-refractivity contribution in [3.63, 3.8) is 0 Å². The smallest absolute Gasteiger partial charge is 0.411 e. The average Bonchev–Trinajstić information content (AvgIpc) is 1.98. The van der Waals surface area contributed by atoms with Gasteiger partial charge in [-0.15, -0.1) is 0 Å². The van der Waals surface area contributed by atoms with Crippen LogP contribution in [0.2, 0.25) is 0 Å². The molecule has 4 nitrogen and oxygen atoms in total. The number of alkyl halides is 4. The van der Waals surface area contributed by atoms with Crippen molar-refractivity contribution in [2.75, 3.05) is 0 Å². The van der Waals surface area contributed by atoms with Crippen LogP contribution < -0.4 is 0 Å². The lowest BCUT2D eigenvalue weighted by Gasteiger charge is -2.34. The van der Waals surface area contributed by atoms with Gasteiger partial charge in [0.2, 0.25) is 0 Å². The fraction of sp³-hybridized carbons (Fsp3) is 0.667. The third kappa shape index (κ3) is 1.51. The van der Waals surface area contributed by atoms with E-state index in [0.29, 0.717) is 6.92 Å². The maximum absolute atomic E-state index is 12.4. The topological polar surface area (TPSA) is 52.6 Å². The monoisotopic (exact) mass is 216 g/mol. The van der Waals surface area contributed by atoms with Crippen molar-refractivity contribution in [3.05, 3.63) is 0 Å². The van der Waals surface area contributed by atoms with E-state index in [1.54, 1.807) is 0 Å². The van der Waals surface area contributed by atoms with E-state index < -0.39 is 30.1 Å². The minimum Gasteiger partial charge on any atom is -0.411 e. The fourth-order valence-corrected chi connectivity index (χ4v) is 0.720. The van der Waals surface area contributed by atoms with Gasteiger partial charge in [-0.25, -0.2) is 14.0 Å². The molecular weight excluding hydrogens is 212 g/mol. The fourth-order valence-electron chi connectivity index (χ4n) is 0.720. The average molecular weight is 216 g/mol. The first kappa shape index (κ1) is 10.7. The highest BCUT2D eigenvalue weighted by Gasteiger charge is 2.63. The molecule has 0 bridgehead atoms. The molecule has 1 heterocycles. The molecule has 8 heteroatoms. The summed E-state index contributed by atoms with van der Waals surface area (Å²) in [7, 11) is 0. The minimum absolute atomic E-state index is 0.314. The number of cyclic esters (lactones) is 2. The van der Waals surface area contributed by atoms with Gasteiger partial charge in [-0.1, -0.05) is 0 Å². The van der Waals surface area contributed by atoms with Gasteiger partial charge in [0, 0.05) is 6.92 Å². The Morgan fingerprint density at radius 1 is 1.21 bits per heavy atom. The van der Waals surface area contributed by atoms with Gasteiger partial charge in [-0.05, 0) is 0 Å². The van der Waals surface area contributed by atoms with Crippen LogP contribution in [0.5, 0.6) is 0 Å². The summed E-state index contributed by atoms with van der Waals surface area (Å²) in [6.07, 6.45) is -7.91. The summed E-state index contributed by atoms with van der Waals surface area (Å²) in [4.78, 5) is 20.9. The SMILES string of the molecule is CC1(C(F)(F)F)OC(=O)C(F)C(=O)O1. The zero-order chi connectivity index (χ0) is 11.1. The summed E-state index contributed by atoms with van der Waals surface area (Å²) in [5.41, 5.74) is 0. The second-order valence-corrected chi connectivity index (χ2v) is 2.65. The molecule has 1 aliphatic heterocycles. The highest BCUT2D eigenvalue weighted by atomic mass is 19.4. The zero-order valence-corrected chi connectivity index (χ0v) is 6.72. The van der Waals surface area contributed by atoms with Gasteiger partial charge in [0.25, 0.3) is 6.17 Å². The lowest BCUT2D eigenvalue weighted by molar-refractivity contribution is -0.357. The molecule has 0 N–H and O–H groups in total. The van der Waals surface area contributed by atoms with E-state index in [0.717, 1.165) is 0 Å². The van der Waals surface area contributed by atoms with E-state index in [2.05, 4.69) is 9.47 Å². The molecule has 0 atom stereocenters.